The molecule has 20 heavy (non-hydrogen) atoms. The molecule has 0 bridgehead atoms. The zero-order valence-corrected chi connectivity index (χ0v) is 12.2. The van der Waals surface area contributed by atoms with Crippen molar-refractivity contribution >= 4 is 6.21 Å². The molecule has 0 radical (unpaired) electrons. The largest absolute Gasteiger partial charge is 0.411 e. The molecule has 1 heterocycles. The lowest BCUT2D eigenvalue weighted by Crippen LogP contribution is -2.47. The molecule has 0 amide bonds. The number of hydrogen-bond acceptors (Lipinski definition) is 5. The van der Waals surface area contributed by atoms with E-state index >= 15 is 0 Å². The highest BCUT2D eigenvalue weighted by molar-refractivity contribution is 5.72. The molecule has 1 N–H and O–H groups in total. The van der Waals surface area contributed by atoms with Crippen LogP contribution in [0.25, 0.3) is 0 Å². The first-order chi connectivity index (χ1) is 9.33. The van der Waals surface area contributed by atoms with Crippen LogP contribution in [-0.4, -0.2) is 32.6 Å². The Kier molecular flexibility index (Phi) is 5.20. The second-order valence-corrected chi connectivity index (χ2v) is 4.99. The van der Waals surface area contributed by atoms with Crippen LogP contribution >= 0.6 is 0 Å². The minimum atomic E-state index is -0.904. The predicted octanol–water partition coefficient (Wildman–Crippen LogP) is 1.02. The van der Waals surface area contributed by atoms with E-state index in [1.54, 1.807) is 24.6 Å². The fourth-order valence-corrected chi connectivity index (χ4v) is 1.67. The Morgan fingerprint density at radius 2 is 2.35 bits per heavy atom. The van der Waals surface area contributed by atoms with Crippen molar-refractivity contribution in [3.63, 3.8) is 0 Å². The third-order valence-electron chi connectivity index (χ3n) is 3.43. The van der Waals surface area contributed by atoms with Crippen molar-refractivity contribution in [2.75, 3.05) is 0 Å². The summed E-state index contributed by atoms with van der Waals surface area (Å²) in [6, 6.07) is -0.827. The van der Waals surface area contributed by atoms with Gasteiger partial charge in [0.15, 0.2) is 12.9 Å². The molecule has 112 valence electrons. The van der Waals surface area contributed by atoms with Gasteiger partial charge in [-0.25, -0.2) is 9.13 Å². The monoisotopic (exact) mass is 285 g/mol. The van der Waals surface area contributed by atoms with Crippen molar-refractivity contribution in [1.82, 2.24) is 4.57 Å². The normalized spacial score (nSPS) is 13.8. The first-order valence-electron chi connectivity index (χ1n) is 6.37. The molecule has 8 heteroatoms. The number of aromatic nitrogens is 2. The number of aryl methyl sites for hydroxylation is 1. The molecule has 1 atom stereocenters. The molecule has 0 saturated heterocycles. The summed E-state index contributed by atoms with van der Waals surface area (Å²) >= 11 is 0. The number of ether oxygens (including phenoxy) is 1. The summed E-state index contributed by atoms with van der Waals surface area (Å²) in [5.41, 5.74) is -0.904. The van der Waals surface area contributed by atoms with Gasteiger partial charge in [-0.15, -0.1) is 0 Å². The van der Waals surface area contributed by atoms with Crippen molar-refractivity contribution in [3.8, 4) is 0 Å². The van der Waals surface area contributed by atoms with Gasteiger partial charge in [-0.1, -0.05) is 5.16 Å². The van der Waals surface area contributed by atoms with E-state index < -0.39 is 11.6 Å². The van der Waals surface area contributed by atoms with E-state index in [0.717, 1.165) is 0 Å². The average molecular weight is 285 g/mol. The van der Waals surface area contributed by atoms with Crippen molar-refractivity contribution in [2.24, 2.45) is 5.16 Å². The number of oxime groups is 1. The van der Waals surface area contributed by atoms with Crippen molar-refractivity contribution < 1.29 is 19.4 Å². The van der Waals surface area contributed by atoms with Crippen LogP contribution in [0.1, 0.15) is 33.5 Å². The van der Waals surface area contributed by atoms with Gasteiger partial charge >= 0.3 is 5.82 Å². The molecule has 0 aliphatic rings. The molecule has 1 aromatic rings. The Morgan fingerprint density at radius 3 is 2.85 bits per heavy atom. The minimum Gasteiger partial charge on any atom is -0.411 e. The van der Waals surface area contributed by atoms with Crippen LogP contribution < -0.4 is 4.57 Å². The summed E-state index contributed by atoms with van der Waals surface area (Å²) < 4.78 is 9.24. The molecule has 0 spiro atoms. The van der Waals surface area contributed by atoms with Gasteiger partial charge in [-0.05, 0) is 20.8 Å². The maximum atomic E-state index is 10.8. The summed E-state index contributed by atoms with van der Waals surface area (Å²) in [7, 11) is 0. The third kappa shape index (κ3) is 3.53. The van der Waals surface area contributed by atoms with E-state index in [-0.39, 0.29) is 11.7 Å². The van der Waals surface area contributed by atoms with E-state index in [2.05, 4.69) is 5.16 Å². The van der Waals surface area contributed by atoms with E-state index in [0.29, 0.717) is 12.4 Å². The van der Waals surface area contributed by atoms with Gasteiger partial charge in [0, 0.05) is 11.8 Å². The molecular formula is C12H21N4O4+. The number of hydrogen-bond donors (Lipinski definition) is 1. The van der Waals surface area contributed by atoms with Crippen LogP contribution in [0.2, 0.25) is 0 Å². The highest BCUT2D eigenvalue weighted by Gasteiger charge is 2.36. The standard InChI is InChI=1S/C12H20N4O4/c1-5-14-6-7-15(11(14)8-13-17)9-20-12(3,4)10(2)16(18)19/h6-8,10H,5,9H2,1-4H3/p+1. The second-order valence-electron chi connectivity index (χ2n) is 4.99. The number of nitro groups is 1. The zero-order chi connectivity index (χ0) is 15.3. The van der Waals surface area contributed by atoms with Crippen LogP contribution in [0.3, 0.4) is 0 Å². The topological polar surface area (TPSA) is 93.8 Å². The number of imidazole rings is 1. The summed E-state index contributed by atoms with van der Waals surface area (Å²) in [5, 5.41) is 22.5. The highest BCUT2D eigenvalue weighted by Crippen LogP contribution is 2.17. The quantitative estimate of drug-likeness (QED) is 0.266. The molecular weight excluding hydrogens is 264 g/mol. The van der Waals surface area contributed by atoms with Crippen LogP contribution in [0.5, 0.6) is 0 Å². The van der Waals surface area contributed by atoms with E-state index in [1.165, 1.54) is 13.1 Å². The molecule has 8 nitrogen and oxygen atoms in total. The number of rotatable bonds is 7. The molecule has 0 fully saturated rings. The van der Waals surface area contributed by atoms with Crippen LogP contribution in [0, 0.1) is 10.1 Å². The van der Waals surface area contributed by atoms with E-state index in [4.69, 9.17) is 9.94 Å². The van der Waals surface area contributed by atoms with Gasteiger partial charge < -0.3 is 9.94 Å². The van der Waals surface area contributed by atoms with Gasteiger partial charge in [-0.2, -0.15) is 0 Å². The van der Waals surface area contributed by atoms with Gasteiger partial charge in [0.2, 0.25) is 6.04 Å². The maximum Gasteiger partial charge on any atom is 0.305 e. The maximum absolute atomic E-state index is 10.8. The highest BCUT2D eigenvalue weighted by atomic mass is 16.6. The third-order valence-corrected chi connectivity index (χ3v) is 3.43. The van der Waals surface area contributed by atoms with Gasteiger partial charge in [0.05, 0.1) is 6.54 Å². The lowest BCUT2D eigenvalue weighted by atomic mass is 10.0. The number of nitrogens with zero attached hydrogens (tertiary/aromatic N) is 4. The Labute approximate surface area is 117 Å². The van der Waals surface area contributed by atoms with Crippen molar-refractivity contribution in [1.29, 1.82) is 0 Å². The first kappa shape index (κ1) is 16.1. The molecule has 0 aromatic carbocycles. The van der Waals surface area contributed by atoms with Gasteiger partial charge in [0.1, 0.15) is 18.0 Å². The summed E-state index contributed by atoms with van der Waals surface area (Å²) in [6.45, 7) is 7.68. The van der Waals surface area contributed by atoms with Crippen LogP contribution in [-0.2, 0) is 18.0 Å². The Bertz CT molecular complexity index is 496. The first-order valence-corrected chi connectivity index (χ1v) is 6.37. The minimum absolute atomic E-state index is 0.138. The van der Waals surface area contributed by atoms with Crippen LogP contribution in [0.15, 0.2) is 17.5 Å². The fourth-order valence-electron chi connectivity index (χ4n) is 1.67. The van der Waals surface area contributed by atoms with E-state index in [9.17, 15) is 10.1 Å². The average Bonchev–Trinajstić information content (AvgIpc) is 2.78. The molecule has 0 aliphatic heterocycles. The summed E-state index contributed by atoms with van der Waals surface area (Å²) in [6.07, 6.45) is 4.90. The second kappa shape index (κ2) is 6.47. The summed E-state index contributed by atoms with van der Waals surface area (Å²) in [5.74, 6) is 0.652. The molecule has 1 aromatic heterocycles. The lowest BCUT2D eigenvalue weighted by molar-refractivity contribution is -0.740. The zero-order valence-electron chi connectivity index (χ0n) is 12.2. The predicted molar refractivity (Wildman–Crippen MR) is 71.3 cm³/mol. The Hall–Kier alpha value is -1.96. The Morgan fingerprint density at radius 1 is 1.70 bits per heavy atom. The smallest absolute Gasteiger partial charge is 0.305 e. The SMILES string of the molecule is CCn1cc[n+](COC(C)(C)C(C)[N+](=O)[O-])c1/C=N/O. The van der Waals surface area contributed by atoms with E-state index in [1.807, 2.05) is 17.7 Å². The van der Waals surface area contributed by atoms with Crippen molar-refractivity contribution in [2.45, 2.75) is 52.6 Å². The molecule has 0 aliphatic carbocycles. The van der Waals surface area contributed by atoms with Gasteiger partial charge in [0.25, 0.3) is 0 Å². The summed E-state index contributed by atoms with van der Waals surface area (Å²) in [4.78, 5) is 10.5. The van der Waals surface area contributed by atoms with Crippen molar-refractivity contribution in [3.05, 3.63) is 28.3 Å². The molecule has 1 unspecified atom stereocenters. The lowest BCUT2D eigenvalue weighted by Gasteiger charge is -2.24. The van der Waals surface area contributed by atoms with Crippen LogP contribution in [0.4, 0.5) is 0 Å². The van der Waals surface area contributed by atoms with Gasteiger partial charge in [-0.3, -0.25) is 10.1 Å². The molecule has 0 saturated carbocycles. The molecule has 1 rings (SSSR count). The Balaban J connectivity index is 2.85. The fraction of sp³-hybridized carbons (Fsp3) is 0.667.